The van der Waals surface area contributed by atoms with Gasteiger partial charge in [-0.15, -0.1) is 11.3 Å². The lowest BCUT2D eigenvalue weighted by Gasteiger charge is -2.15. The van der Waals surface area contributed by atoms with Gasteiger partial charge in [0.2, 0.25) is 0 Å². The molecule has 2 aromatic rings. The molecule has 0 atom stereocenters. The summed E-state index contributed by atoms with van der Waals surface area (Å²) in [5.41, 5.74) is 2.34. The van der Waals surface area contributed by atoms with E-state index in [-0.39, 0.29) is 5.41 Å². The molecule has 0 radical (unpaired) electrons. The van der Waals surface area contributed by atoms with E-state index in [0.29, 0.717) is 0 Å². The molecule has 0 aliphatic carbocycles. The second kappa shape index (κ2) is 5.63. The van der Waals surface area contributed by atoms with Gasteiger partial charge in [-0.3, -0.25) is 0 Å². The first-order chi connectivity index (χ1) is 8.86. The van der Waals surface area contributed by atoms with Crippen LogP contribution >= 0.6 is 27.3 Å². The van der Waals surface area contributed by atoms with E-state index in [0.717, 1.165) is 22.5 Å². The number of aromatic nitrogens is 1. The van der Waals surface area contributed by atoms with Crippen molar-refractivity contribution in [3.8, 4) is 0 Å². The van der Waals surface area contributed by atoms with Crippen molar-refractivity contribution < 1.29 is 0 Å². The SMILES string of the molecule is Cc1nc(Br)ccc1NCc1ccc(C(C)(C)C)s1. The standard InChI is InChI=1S/C15H19BrN2S/c1-10-12(6-8-14(16)18-10)17-9-11-5-7-13(19-11)15(2,3)4/h5-8,17H,9H2,1-4H3. The Morgan fingerprint density at radius 2 is 1.95 bits per heavy atom. The van der Waals surface area contributed by atoms with E-state index in [4.69, 9.17) is 0 Å². The Bertz CT molecular complexity index is 570. The van der Waals surface area contributed by atoms with E-state index in [2.05, 4.69) is 65.2 Å². The fourth-order valence-electron chi connectivity index (χ4n) is 1.78. The quantitative estimate of drug-likeness (QED) is 0.785. The van der Waals surface area contributed by atoms with E-state index in [1.54, 1.807) is 0 Å². The van der Waals surface area contributed by atoms with Crippen LogP contribution < -0.4 is 5.32 Å². The lowest BCUT2D eigenvalue weighted by molar-refractivity contribution is 0.604. The predicted molar refractivity (Wildman–Crippen MR) is 87.0 cm³/mol. The number of hydrogen-bond donors (Lipinski definition) is 1. The summed E-state index contributed by atoms with van der Waals surface area (Å²) < 4.78 is 0.877. The third-order valence-electron chi connectivity index (χ3n) is 2.91. The van der Waals surface area contributed by atoms with Gasteiger partial charge in [-0.25, -0.2) is 4.98 Å². The van der Waals surface area contributed by atoms with Gasteiger partial charge in [-0.1, -0.05) is 20.8 Å². The summed E-state index contributed by atoms with van der Waals surface area (Å²) in [4.78, 5) is 7.17. The minimum Gasteiger partial charge on any atom is -0.379 e. The van der Waals surface area contributed by atoms with Crippen molar-refractivity contribution in [3.63, 3.8) is 0 Å². The summed E-state index contributed by atoms with van der Waals surface area (Å²) in [5, 5.41) is 3.45. The van der Waals surface area contributed by atoms with Gasteiger partial charge < -0.3 is 5.32 Å². The molecule has 2 aromatic heterocycles. The largest absolute Gasteiger partial charge is 0.379 e. The average Bonchev–Trinajstić information content (AvgIpc) is 2.76. The van der Waals surface area contributed by atoms with Crippen LogP contribution in [0.2, 0.25) is 0 Å². The molecule has 0 amide bonds. The van der Waals surface area contributed by atoms with Gasteiger partial charge in [0.1, 0.15) is 4.60 Å². The van der Waals surface area contributed by atoms with Crippen LogP contribution in [0.25, 0.3) is 0 Å². The number of nitrogens with zero attached hydrogens (tertiary/aromatic N) is 1. The number of nitrogens with one attached hydrogen (secondary N) is 1. The van der Waals surface area contributed by atoms with Crippen LogP contribution in [0.15, 0.2) is 28.9 Å². The molecule has 2 rings (SSSR count). The van der Waals surface area contributed by atoms with E-state index in [1.165, 1.54) is 9.75 Å². The summed E-state index contributed by atoms with van der Waals surface area (Å²) in [5.74, 6) is 0. The molecule has 0 fully saturated rings. The van der Waals surface area contributed by atoms with Crippen LogP contribution in [-0.4, -0.2) is 4.98 Å². The predicted octanol–water partition coefficient (Wildman–Crippen LogP) is 5.12. The molecule has 0 unspecified atom stereocenters. The maximum absolute atomic E-state index is 4.39. The van der Waals surface area contributed by atoms with Crippen LogP contribution in [-0.2, 0) is 12.0 Å². The molecule has 0 bridgehead atoms. The van der Waals surface area contributed by atoms with Gasteiger partial charge in [-0.2, -0.15) is 0 Å². The molecule has 0 spiro atoms. The van der Waals surface area contributed by atoms with Crippen molar-refractivity contribution in [3.05, 3.63) is 44.3 Å². The first-order valence-corrected chi connectivity index (χ1v) is 7.93. The van der Waals surface area contributed by atoms with Gasteiger partial charge in [0.25, 0.3) is 0 Å². The van der Waals surface area contributed by atoms with Crippen molar-refractivity contribution in [2.75, 3.05) is 5.32 Å². The van der Waals surface area contributed by atoms with E-state index >= 15 is 0 Å². The number of halogens is 1. The van der Waals surface area contributed by atoms with Crippen molar-refractivity contribution in [1.29, 1.82) is 0 Å². The summed E-state index contributed by atoms with van der Waals surface area (Å²) in [6.07, 6.45) is 0. The molecule has 2 nitrogen and oxygen atoms in total. The molecule has 2 heterocycles. The maximum Gasteiger partial charge on any atom is 0.106 e. The lowest BCUT2D eigenvalue weighted by Crippen LogP contribution is -2.07. The first-order valence-electron chi connectivity index (χ1n) is 6.32. The number of pyridine rings is 1. The Balaban J connectivity index is 2.04. The summed E-state index contributed by atoms with van der Waals surface area (Å²) in [6.45, 7) is 9.61. The zero-order valence-electron chi connectivity index (χ0n) is 11.7. The highest BCUT2D eigenvalue weighted by Gasteiger charge is 2.15. The molecule has 102 valence electrons. The summed E-state index contributed by atoms with van der Waals surface area (Å²) >= 11 is 5.26. The fourth-order valence-corrected chi connectivity index (χ4v) is 3.18. The first kappa shape index (κ1) is 14.5. The Kier molecular flexibility index (Phi) is 4.31. The summed E-state index contributed by atoms with van der Waals surface area (Å²) in [7, 11) is 0. The van der Waals surface area contributed by atoms with Crippen LogP contribution in [0.5, 0.6) is 0 Å². The van der Waals surface area contributed by atoms with Crippen LogP contribution in [0.4, 0.5) is 5.69 Å². The van der Waals surface area contributed by atoms with Crippen LogP contribution in [0.3, 0.4) is 0 Å². The zero-order valence-corrected chi connectivity index (χ0v) is 14.2. The molecule has 0 saturated heterocycles. The zero-order chi connectivity index (χ0) is 14.0. The third-order valence-corrected chi connectivity index (χ3v) is 4.86. The Morgan fingerprint density at radius 3 is 2.53 bits per heavy atom. The molecular formula is C15H19BrN2S. The normalized spacial score (nSPS) is 11.6. The lowest BCUT2D eigenvalue weighted by atomic mass is 9.95. The van der Waals surface area contributed by atoms with Crippen molar-refractivity contribution >= 4 is 33.0 Å². The van der Waals surface area contributed by atoms with E-state index in [1.807, 2.05) is 24.3 Å². The third kappa shape index (κ3) is 3.80. The highest BCUT2D eigenvalue weighted by molar-refractivity contribution is 9.10. The molecule has 19 heavy (non-hydrogen) atoms. The second-order valence-electron chi connectivity index (χ2n) is 5.64. The second-order valence-corrected chi connectivity index (χ2v) is 7.62. The highest BCUT2D eigenvalue weighted by atomic mass is 79.9. The molecule has 0 aromatic carbocycles. The van der Waals surface area contributed by atoms with Gasteiger partial charge in [0.15, 0.2) is 0 Å². The minimum absolute atomic E-state index is 0.234. The Morgan fingerprint density at radius 1 is 1.21 bits per heavy atom. The van der Waals surface area contributed by atoms with Gasteiger partial charge in [0, 0.05) is 16.3 Å². The Hall–Kier alpha value is -0.870. The number of anilines is 1. The number of aryl methyl sites for hydroxylation is 1. The number of hydrogen-bond acceptors (Lipinski definition) is 3. The molecule has 1 N–H and O–H groups in total. The fraction of sp³-hybridized carbons (Fsp3) is 0.400. The van der Waals surface area contributed by atoms with Crippen molar-refractivity contribution in [2.24, 2.45) is 0 Å². The highest BCUT2D eigenvalue weighted by Crippen LogP contribution is 2.30. The number of rotatable bonds is 3. The van der Waals surface area contributed by atoms with Crippen molar-refractivity contribution in [2.45, 2.75) is 39.7 Å². The topological polar surface area (TPSA) is 24.9 Å². The molecule has 4 heteroatoms. The number of thiophene rings is 1. The van der Waals surface area contributed by atoms with Crippen LogP contribution in [0.1, 0.15) is 36.2 Å². The molecule has 0 saturated carbocycles. The molecule has 0 aliphatic heterocycles. The van der Waals surface area contributed by atoms with E-state index in [9.17, 15) is 0 Å². The maximum atomic E-state index is 4.39. The van der Waals surface area contributed by atoms with Crippen LogP contribution in [0, 0.1) is 6.92 Å². The molecule has 0 aliphatic rings. The van der Waals surface area contributed by atoms with Crippen molar-refractivity contribution in [1.82, 2.24) is 4.98 Å². The van der Waals surface area contributed by atoms with Gasteiger partial charge in [-0.05, 0) is 52.5 Å². The summed E-state index contributed by atoms with van der Waals surface area (Å²) in [6, 6.07) is 8.46. The monoisotopic (exact) mass is 338 g/mol. The Labute approximate surface area is 127 Å². The molecular weight excluding hydrogens is 320 g/mol. The minimum atomic E-state index is 0.234. The van der Waals surface area contributed by atoms with E-state index < -0.39 is 0 Å². The van der Waals surface area contributed by atoms with Gasteiger partial charge >= 0.3 is 0 Å². The smallest absolute Gasteiger partial charge is 0.106 e. The van der Waals surface area contributed by atoms with Gasteiger partial charge in [0.05, 0.1) is 11.4 Å². The average molecular weight is 339 g/mol.